The summed E-state index contributed by atoms with van der Waals surface area (Å²) < 4.78 is 39.2. The molecular formula is C20H24N4O4S. The number of piperidine rings is 1. The van der Waals surface area contributed by atoms with Gasteiger partial charge in [-0.05, 0) is 31.4 Å². The average Bonchev–Trinajstić information content (AvgIpc) is 3.19. The van der Waals surface area contributed by atoms with Crippen LogP contribution in [-0.4, -0.2) is 54.7 Å². The number of pyridine rings is 1. The molecule has 3 heterocycles. The smallest absolute Gasteiger partial charge is 0.245 e. The first-order valence-corrected chi connectivity index (χ1v) is 11.0. The third-order valence-electron chi connectivity index (χ3n) is 5.54. The lowest BCUT2D eigenvalue weighted by atomic mass is 9.77. The number of benzene rings is 1. The number of nitrogens with zero attached hydrogens (tertiary/aromatic N) is 4. The molecule has 154 valence electrons. The molecule has 0 amide bonds. The average molecular weight is 417 g/mol. The molecule has 8 nitrogen and oxygen atoms in total. The van der Waals surface area contributed by atoms with E-state index in [9.17, 15) is 8.42 Å². The third kappa shape index (κ3) is 3.65. The van der Waals surface area contributed by atoms with Gasteiger partial charge in [0.25, 0.3) is 0 Å². The van der Waals surface area contributed by atoms with Gasteiger partial charge in [-0.3, -0.25) is 4.98 Å². The maximum Gasteiger partial charge on any atom is 0.245 e. The molecule has 0 saturated carbocycles. The molecule has 1 aromatic carbocycles. The Morgan fingerprint density at radius 1 is 1.28 bits per heavy atom. The van der Waals surface area contributed by atoms with Crippen LogP contribution >= 0.6 is 0 Å². The van der Waals surface area contributed by atoms with Gasteiger partial charge in [-0.15, -0.1) is 0 Å². The van der Waals surface area contributed by atoms with E-state index in [0.717, 1.165) is 11.8 Å². The van der Waals surface area contributed by atoms with Crippen LogP contribution in [0.3, 0.4) is 0 Å². The van der Waals surface area contributed by atoms with Gasteiger partial charge in [-0.25, -0.2) is 8.42 Å². The minimum absolute atomic E-state index is 0.224. The number of rotatable bonds is 6. The molecule has 1 saturated heterocycles. The Labute approximate surface area is 169 Å². The Morgan fingerprint density at radius 2 is 2.10 bits per heavy atom. The Kier molecular flexibility index (Phi) is 5.37. The van der Waals surface area contributed by atoms with Gasteiger partial charge in [-0.1, -0.05) is 23.4 Å². The summed E-state index contributed by atoms with van der Waals surface area (Å²) in [6, 6.07) is 8.90. The summed E-state index contributed by atoms with van der Waals surface area (Å²) in [7, 11) is -2.11. The van der Waals surface area contributed by atoms with E-state index >= 15 is 0 Å². The number of fused-ring (bicyclic) bond motifs is 1. The van der Waals surface area contributed by atoms with E-state index < -0.39 is 15.4 Å². The predicted molar refractivity (Wildman–Crippen MR) is 107 cm³/mol. The first-order chi connectivity index (χ1) is 14.0. The number of aryl methyl sites for hydroxylation is 1. The maximum absolute atomic E-state index is 13.6. The monoisotopic (exact) mass is 416 g/mol. The zero-order chi connectivity index (χ0) is 20.5. The number of hydrogen-bond acceptors (Lipinski definition) is 7. The normalized spacial score (nSPS) is 20.9. The van der Waals surface area contributed by atoms with E-state index in [2.05, 4.69) is 15.1 Å². The Hall–Kier alpha value is -2.36. The van der Waals surface area contributed by atoms with E-state index in [1.54, 1.807) is 38.4 Å². The van der Waals surface area contributed by atoms with Gasteiger partial charge in [0.2, 0.25) is 15.9 Å². The van der Waals surface area contributed by atoms with Gasteiger partial charge in [0.1, 0.15) is 4.90 Å². The number of ether oxygens (including phenoxy) is 1. The summed E-state index contributed by atoms with van der Waals surface area (Å²) in [6.45, 7) is 2.94. The van der Waals surface area contributed by atoms with Crippen molar-refractivity contribution in [3.63, 3.8) is 0 Å². The van der Waals surface area contributed by atoms with Gasteiger partial charge < -0.3 is 9.26 Å². The van der Waals surface area contributed by atoms with Crippen molar-refractivity contribution >= 4 is 20.9 Å². The second kappa shape index (κ2) is 7.81. The van der Waals surface area contributed by atoms with Gasteiger partial charge in [-0.2, -0.15) is 9.29 Å². The van der Waals surface area contributed by atoms with E-state index in [0.29, 0.717) is 43.2 Å². The van der Waals surface area contributed by atoms with Crippen LogP contribution in [0.4, 0.5) is 0 Å². The van der Waals surface area contributed by atoms with Crippen molar-refractivity contribution < 1.29 is 17.7 Å². The minimum Gasteiger partial charge on any atom is -0.385 e. The number of para-hydroxylation sites is 1. The third-order valence-corrected chi connectivity index (χ3v) is 7.42. The van der Waals surface area contributed by atoms with E-state index in [4.69, 9.17) is 9.26 Å². The fraction of sp³-hybridized carbons (Fsp3) is 0.450. The largest absolute Gasteiger partial charge is 0.385 e. The molecule has 2 aromatic heterocycles. The molecule has 4 rings (SSSR count). The van der Waals surface area contributed by atoms with E-state index in [-0.39, 0.29) is 11.4 Å². The summed E-state index contributed by atoms with van der Waals surface area (Å²) in [6.07, 6.45) is 3.70. The van der Waals surface area contributed by atoms with Gasteiger partial charge in [0.05, 0.1) is 5.52 Å². The molecule has 29 heavy (non-hydrogen) atoms. The van der Waals surface area contributed by atoms with E-state index in [1.807, 2.05) is 12.1 Å². The van der Waals surface area contributed by atoms with Crippen molar-refractivity contribution in [1.29, 1.82) is 0 Å². The van der Waals surface area contributed by atoms with Crippen LogP contribution in [-0.2, 0) is 20.2 Å². The van der Waals surface area contributed by atoms with Gasteiger partial charge in [0, 0.05) is 50.7 Å². The van der Waals surface area contributed by atoms with E-state index in [1.165, 1.54) is 4.31 Å². The van der Waals surface area contributed by atoms with Crippen LogP contribution < -0.4 is 0 Å². The van der Waals surface area contributed by atoms with Crippen LogP contribution in [0.25, 0.3) is 10.9 Å². The Balaban J connectivity index is 1.74. The molecule has 3 aromatic rings. The summed E-state index contributed by atoms with van der Waals surface area (Å²) >= 11 is 0. The van der Waals surface area contributed by atoms with Gasteiger partial charge in [0.15, 0.2) is 5.82 Å². The quantitative estimate of drug-likeness (QED) is 0.609. The first-order valence-electron chi connectivity index (χ1n) is 9.60. The number of hydrogen-bond donors (Lipinski definition) is 0. The number of aromatic nitrogens is 3. The first kappa shape index (κ1) is 19.9. The Morgan fingerprint density at radius 3 is 2.86 bits per heavy atom. The Bertz CT molecular complexity index is 1110. The van der Waals surface area contributed by atoms with Crippen LogP contribution in [0.5, 0.6) is 0 Å². The fourth-order valence-corrected chi connectivity index (χ4v) is 5.76. The summed E-state index contributed by atoms with van der Waals surface area (Å²) in [5, 5.41) is 4.92. The SMILES string of the molecule is COCCC1(c2noc(C)n2)CCCN(S(=O)(=O)c2cccc3cccnc23)C1. The lowest BCUT2D eigenvalue weighted by Gasteiger charge is -2.40. The minimum atomic E-state index is -3.74. The second-order valence-electron chi connectivity index (χ2n) is 7.43. The molecular weight excluding hydrogens is 392 g/mol. The van der Waals surface area contributed by atoms with Crippen molar-refractivity contribution in [3.05, 3.63) is 48.2 Å². The van der Waals surface area contributed by atoms with Crippen LogP contribution in [0.2, 0.25) is 0 Å². The highest BCUT2D eigenvalue weighted by Crippen LogP contribution is 2.38. The zero-order valence-electron chi connectivity index (χ0n) is 16.5. The topological polar surface area (TPSA) is 98.4 Å². The molecule has 0 aliphatic carbocycles. The standard InChI is InChI=1S/C20H24N4O4S/c1-15-22-19(23-28-15)20(10-13-27-2)9-5-12-24(14-20)29(25,26)17-8-3-6-16-7-4-11-21-18(16)17/h3-4,6-8,11H,5,9-10,12-14H2,1-2H3. The molecule has 9 heteroatoms. The maximum atomic E-state index is 13.6. The van der Waals surface area contributed by atoms with Crippen molar-refractivity contribution in [3.8, 4) is 0 Å². The van der Waals surface area contributed by atoms with Crippen molar-refractivity contribution in [1.82, 2.24) is 19.4 Å². The molecule has 1 fully saturated rings. The molecule has 1 aliphatic heterocycles. The van der Waals surface area contributed by atoms with Crippen LogP contribution in [0.1, 0.15) is 31.0 Å². The van der Waals surface area contributed by atoms with Crippen molar-refractivity contribution in [2.24, 2.45) is 0 Å². The van der Waals surface area contributed by atoms with Gasteiger partial charge >= 0.3 is 0 Å². The highest BCUT2D eigenvalue weighted by Gasteiger charge is 2.44. The molecule has 1 aliphatic rings. The number of sulfonamides is 1. The molecule has 1 atom stereocenters. The lowest BCUT2D eigenvalue weighted by Crippen LogP contribution is -2.49. The summed E-state index contributed by atoms with van der Waals surface area (Å²) in [5.74, 6) is 1.01. The fourth-order valence-electron chi connectivity index (χ4n) is 4.03. The lowest BCUT2D eigenvalue weighted by molar-refractivity contribution is 0.128. The second-order valence-corrected chi connectivity index (χ2v) is 9.34. The summed E-state index contributed by atoms with van der Waals surface area (Å²) in [5.41, 5.74) is -0.0598. The highest BCUT2D eigenvalue weighted by molar-refractivity contribution is 7.89. The predicted octanol–water partition coefficient (Wildman–Crippen LogP) is 2.69. The molecule has 0 N–H and O–H groups in total. The van der Waals surface area contributed by atoms with Crippen molar-refractivity contribution in [2.75, 3.05) is 26.8 Å². The van der Waals surface area contributed by atoms with Crippen LogP contribution in [0, 0.1) is 6.92 Å². The molecule has 0 spiro atoms. The van der Waals surface area contributed by atoms with Crippen LogP contribution in [0.15, 0.2) is 45.9 Å². The van der Waals surface area contributed by atoms with Crippen molar-refractivity contribution in [2.45, 2.75) is 36.5 Å². The highest BCUT2D eigenvalue weighted by atomic mass is 32.2. The molecule has 0 radical (unpaired) electrons. The molecule has 1 unspecified atom stereocenters. The molecule has 0 bridgehead atoms. The number of methoxy groups -OCH3 is 1. The zero-order valence-corrected chi connectivity index (χ0v) is 17.4. The summed E-state index contributed by atoms with van der Waals surface area (Å²) in [4.78, 5) is 8.98.